The summed E-state index contributed by atoms with van der Waals surface area (Å²) in [6.45, 7) is 7.92. The number of amides is 1. The summed E-state index contributed by atoms with van der Waals surface area (Å²) in [6, 6.07) is 12.1. The predicted octanol–water partition coefficient (Wildman–Crippen LogP) is 3.32. The molecule has 0 unspecified atom stereocenters. The molecule has 152 valence electrons. The summed E-state index contributed by atoms with van der Waals surface area (Å²) >= 11 is 0. The molecular formula is C23H29N5O. The molecule has 6 heteroatoms. The van der Waals surface area contributed by atoms with Gasteiger partial charge in [-0.2, -0.15) is 5.10 Å². The van der Waals surface area contributed by atoms with Gasteiger partial charge in [-0.3, -0.25) is 4.79 Å². The SMILES string of the molecule is Cc1ccc(C)c(-n2nc(-c3cccn3C)cc2C(=O)NCCN2CCCC2)c1. The van der Waals surface area contributed by atoms with E-state index < -0.39 is 0 Å². The Morgan fingerprint density at radius 3 is 2.66 bits per heavy atom. The van der Waals surface area contributed by atoms with E-state index in [0.29, 0.717) is 12.2 Å². The van der Waals surface area contributed by atoms with E-state index in [9.17, 15) is 4.79 Å². The van der Waals surface area contributed by atoms with Crippen LogP contribution < -0.4 is 5.32 Å². The summed E-state index contributed by atoms with van der Waals surface area (Å²) in [5.74, 6) is -0.0851. The average molecular weight is 392 g/mol. The van der Waals surface area contributed by atoms with Crippen LogP contribution in [0.5, 0.6) is 0 Å². The Hall–Kier alpha value is -2.86. The number of rotatable bonds is 6. The van der Waals surface area contributed by atoms with E-state index in [1.807, 2.05) is 42.9 Å². The molecule has 0 bridgehead atoms. The van der Waals surface area contributed by atoms with Gasteiger partial charge in [-0.05, 0) is 75.2 Å². The highest BCUT2D eigenvalue weighted by atomic mass is 16.2. The van der Waals surface area contributed by atoms with Crippen LogP contribution in [0.25, 0.3) is 17.1 Å². The van der Waals surface area contributed by atoms with Crippen LogP contribution in [-0.2, 0) is 7.05 Å². The van der Waals surface area contributed by atoms with Crippen LogP contribution >= 0.6 is 0 Å². The molecule has 0 radical (unpaired) electrons. The third kappa shape index (κ3) is 4.12. The smallest absolute Gasteiger partial charge is 0.270 e. The van der Waals surface area contributed by atoms with E-state index in [1.54, 1.807) is 4.68 Å². The summed E-state index contributed by atoms with van der Waals surface area (Å²) in [4.78, 5) is 15.5. The number of nitrogens with zero attached hydrogens (tertiary/aromatic N) is 4. The van der Waals surface area contributed by atoms with Crippen molar-refractivity contribution in [3.63, 3.8) is 0 Å². The first kappa shape index (κ1) is 19.5. The standard InChI is InChI=1S/C23H29N5O/c1-17-8-9-18(2)21(15-17)28-22(16-19(25-28)20-7-6-11-26(20)3)23(29)24-10-14-27-12-4-5-13-27/h6-9,11,15-16H,4-5,10,12-14H2,1-3H3,(H,24,29). The van der Waals surface area contributed by atoms with Crippen molar-refractivity contribution in [1.82, 2.24) is 24.6 Å². The molecule has 1 aliphatic heterocycles. The first-order chi connectivity index (χ1) is 14.0. The lowest BCUT2D eigenvalue weighted by atomic mass is 10.1. The van der Waals surface area contributed by atoms with E-state index in [0.717, 1.165) is 47.8 Å². The molecule has 1 aromatic carbocycles. The molecule has 1 saturated heterocycles. The van der Waals surface area contributed by atoms with E-state index >= 15 is 0 Å². The molecule has 1 aliphatic rings. The second-order valence-corrected chi connectivity index (χ2v) is 7.93. The minimum atomic E-state index is -0.0851. The molecule has 3 heterocycles. The Labute approximate surface area is 172 Å². The number of hydrogen-bond donors (Lipinski definition) is 1. The van der Waals surface area contributed by atoms with Gasteiger partial charge >= 0.3 is 0 Å². The van der Waals surface area contributed by atoms with E-state index in [4.69, 9.17) is 5.10 Å². The fourth-order valence-corrected chi connectivity index (χ4v) is 3.95. The Bertz CT molecular complexity index is 1010. The zero-order valence-electron chi connectivity index (χ0n) is 17.5. The normalized spacial score (nSPS) is 14.4. The van der Waals surface area contributed by atoms with Gasteiger partial charge in [0.1, 0.15) is 11.4 Å². The molecule has 0 atom stereocenters. The van der Waals surface area contributed by atoms with Crippen molar-refractivity contribution in [3.05, 3.63) is 59.4 Å². The molecule has 0 aliphatic carbocycles. The number of hydrogen-bond acceptors (Lipinski definition) is 3. The molecule has 1 amide bonds. The maximum absolute atomic E-state index is 13.1. The number of aryl methyl sites for hydroxylation is 3. The molecular weight excluding hydrogens is 362 g/mol. The monoisotopic (exact) mass is 391 g/mol. The number of aromatic nitrogens is 3. The van der Waals surface area contributed by atoms with Gasteiger partial charge in [0.2, 0.25) is 0 Å². The van der Waals surface area contributed by atoms with Crippen molar-refractivity contribution in [2.24, 2.45) is 7.05 Å². The van der Waals surface area contributed by atoms with Gasteiger partial charge in [0.05, 0.1) is 11.4 Å². The van der Waals surface area contributed by atoms with Crippen LogP contribution in [0, 0.1) is 13.8 Å². The highest BCUT2D eigenvalue weighted by Gasteiger charge is 2.20. The van der Waals surface area contributed by atoms with Crippen molar-refractivity contribution in [2.45, 2.75) is 26.7 Å². The highest BCUT2D eigenvalue weighted by molar-refractivity contribution is 5.94. The molecule has 1 fully saturated rings. The lowest BCUT2D eigenvalue weighted by Crippen LogP contribution is -2.34. The van der Waals surface area contributed by atoms with E-state index in [1.165, 1.54) is 12.8 Å². The Balaban J connectivity index is 1.65. The summed E-state index contributed by atoms with van der Waals surface area (Å²) in [6.07, 6.45) is 4.50. The van der Waals surface area contributed by atoms with Crippen molar-refractivity contribution >= 4 is 5.91 Å². The predicted molar refractivity (Wildman–Crippen MR) is 115 cm³/mol. The molecule has 29 heavy (non-hydrogen) atoms. The molecule has 2 aromatic heterocycles. The van der Waals surface area contributed by atoms with Crippen LogP contribution in [0.15, 0.2) is 42.6 Å². The van der Waals surface area contributed by atoms with Gasteiger partial charge in [-0.15, -0.1) is 0 Å². The highest BCUT2D eigenvalue weighted by Crippen LogP contribution is 2.24. The van der Waals surface area contributed by atoms with Gasteiger partial charge in [0.25, 0.3) is 5.91 Å². The number of likely N-dealkylation sites (tertiary alicyclic amines) is 1. The number of nitrogens with one attached hydrogen (secondary N) is 1. The van der Waals surface area contributed by atoms with Gasteiger partial charge in [-0.25, -0.2) is 4.68 Å². The van der Waals surface area contributed by atoms with Gasteiger partial charge in [0, 0.05) is 26.3 Å². The van der Waals surface area contributed by atoms with Crippen LogP contribution in [0.2, 0.25) is 0 Å². The van der Waals surface area contributed by atoms with Gasteiger partial charge in [-0.1, -0.05) is 12.1 Å². The van der Waals surface area contributed by atoms with E-state index in [2.05, 4.69) is 35.3 Å². The molecule has 0 saturated carbocycles. The third-order valence-electron chi connectivity index (χ3n) is 5.65. The Morgan fingerprint density at radius 2 is 1.93 bits per heavy atom. The lowest BCUT2D eigenvalue weighted by Gasteiger charge is -2.15. The largest absolute Gasteiger partial charge is 0.349 e. The maximum Gasteiger partial charge on any atom is 0.270 e. The fourth-order valence-electron chi connectivity index (χ4n) is 3.95. The minimum Gasteiger partial charge on any atom is -0.349 e. The molecule has 4 rings (SSSR count). The van der Waals surface area contributed by atoms with Crippen LogP contribution in [0.3, 0.4) is 0 Å². The second kappa shape index (κ2) is 8.25. The van der Waals surface area contributed by atoms with Crippen LogP contribution in [0.4, 0.5) is 0 Å². The quantitative estimate of drug-likeness (QED) is 0.701. The summed E-state index contributed by atoms with van der Waals surface area (Å²) < 4.78 is 3.81. The zero-order chi connectivity index (χ0) is 20.4. The number of benzene rings is 1. The molecule has 3 aromatic rings. The molecule has 0 spiro atoms. The fraction of sp³-hybridized carbons (Fsp3) is 0.391. The van der Waals surface area contributed by atoms with Gasteiger partial charge < -0.3 is 14.8 Å². The van der Waals surface area contributed by atoms with Crippen molar-refractivity contribution in [3.8, 4) is 17.1 Å². The topological polar surface area (TPSA) is 55.1 Å². The number of carbonyl (C=O) groups is 1. The van der Waals surface area contributed by atoms with Crippen molar-refractivity contribution in [2.75, 3.05) is 26.2 Å². The van der Waals surface area contributed by atoms with Crippen LogP contribution in [-0.4, -0.2) is 51.3 Å². The summed E-state index contributed by atoms with van der Waals surface area (Å²) in [5.41, 5.74) is 5.51. The summed E-state index contributed by atoms with van der Waals surface area (Å²) in [5, 5.41) is 7.91. The number of carbonyl (C=O) groups excluding carboxylic acids is 1. The van der Waals surface area contributed by atoms with E-state index in [-0.39, 0.29) is 5.91 Å². The second-order valence-electron chi connectivity index (χ2n) is 7.93. The van der Waals surface area contributed by atoms with Crippen molar-refractivity contribution in [1.29, 1.82) is 0 Å². The Morgan fingerprint density at radius 1 is 1.14 bits per heavy atom. The molecule has 6 nitrogen and oxygen atoms in total. The zero-order valence-corrected chi connectivity index (χ0v) is 17.5. The lowest BCUT2D eigenvalue weighted by molar-refractivity contribution is 0.0942. The van der Waals surface area contributed by atoms with Crippen molar-refractivity contribution < 1.29 is 4.79 Å². The summed E-state index contributed by atoms with van der Waals surface area (Å²) in [7, 11) is 1.99. The van der Waals surface area contributed by atoms with Gasteiger partial charge in [0.15, 0.2) is 0 Å². The van der Waals surface area contributed by atoms with Crippen LogP contribution in [0.1, 0.15) is 34.5 Å². The average Bonchev–Trinajstić information content (AvgIpc) is 3.44. The first-order valence-electron chi connectivity index (χ1n) is 10.3. The first-order valence-corrected chi connectivity index (χ1v) is 10.3. The maximum atomic E-state index is 13.1. The molecule has 1 N–H and O–H groups in total. The Kier molecular flexibility index (Phi) is 5.53. The third-order valence-corrected chi connectivity index (χ3v) is 5.65. The minimum absolute atomic E-state index is 0.0851.